The van der Waals surface area contributed by atoms with Crippen LogP contribution in [0.1, 0.15) is 50.0 Å². The number of benzene rings is 1. The maximum Gasteiger partial charge on any atom is 0.416 e. The Bertz CT molecular complexity index is 1490. The number of thiazole rings is 1. The minimum absolute atomic E-state index is 0.0191. The lowest BCUT2D eigenvalue weighted by Crippen LogP contribution is -2.52. The van der Waals surface area contributed by atoms with E-state index in [1.807, 2.05) is 11.8 Å². The quantitative estimate of drug-likeness (QED) is 0.250. The SMILES string of the molecule is C[C@@H]1CCCCN1Cc1sc(Nc2ncnc(N3CCN(CCC(=O)O)[C@@H](C)C3)c2F)nc1-c1cc(Cl)cc(C(F)(F)F)c1. The summed E-state index contributed by atoms with van der Waals surface area (Å²) < 4.78 is 56.8. The van der Waals surface area contributed by atoms with Crippen molar-refractivity contribution < 1.29 is 27.5 Å². The summed E-state index contributed by atoms with van der Waals surface area (Å²) in [5.74, 6) is -1.54. The number of nitrogens with zero attached hydrogens (tertiary/aromatic N) is 6. The molecule has 9 nitrogen and oxygen atoms in total. The molecule has 0 radical (unpaired) electrons. The molecule has 238 valence electrons. The average Bonchev–Trinajstić information content (AvgIpc) is 3.36. The van der Waals surface area contributed by atoms with Gasteiger partial charge in [0, 0.05) is 60.3 Å². The van der Waals surface area contributed by atoms with Gasteiger partial charge in [0.15, 0.2) is 16.8 Å². The molecule has 3 aromatic rings. The van der Waals surface area contributed by atoms with E-state index in [4.69, 9.17) is 16.7 Å². The monoisotopic (exact) mass is 655 g/mol. The smallest absolute Gasteiger partial charge is 0.416 e. The second kappa shape index (κ2) is 13.5. The van der Waals surface area contributed by atoms with Gasteiger partial charge < -0.3 is 15.3 Å². The number of alkyl halides is 3. The molecule has 0 aliphatic carbocycles. The van der Waals surface area contributed by atoms with Gasteiger partial charge in [-0.1, -0.05) is 29.4 Å². The molecule has 2 aliphatic heterocycles. The highest BCUT2D eigenvalue weighted by Crippen LogP contribution is 2.39. The summed E-state index contributed by atoms with van der Waals surface area (Å²) in [6.07, 6.45) is -0.135. The Morgan fingerprint density at radius 3 is 2.61 bits per heavy atom. The molecule has 2 aromatic heterocycles. The molecule has 2 fully saturated rings. The first-order chi connectivity index (χ1) is 20.9. The second-order valence-electron chi connectivity index (χ2n) is 11.3. The van der Waals surface area contributed by atoms with Gasteiger partial charge in [0.05, 0.1) is 17.7 Å². The summed E-state index contributed by atoms with van der Waals surface area (Å²) in [6.45, 7) is 7.27. The number of aromatic nitrogens is 3. The van der Waals surface area contributed by atoms with Crippen molar-refractivity contribution in [3.8, 4) is 11.3 Å². The first-order valence-corrected chi connectivity index (χ1v) is 15.7. The number of likely N-dealkylation sites (tertiary alicyclic amines) is 1. The molecule has 0 bridgehead atoms. The molecule has 0 spiro atoms. The third-order valence-electron chi connectivity index (χ3n) is 8.16. The number of piperazine rings is 1. The lowest BCUT2D eigenvalue weighted by molar-refractivity contribution is -0.138. The molecule has 5 rings (SSSR count). The summed E-state index contributed by atoms with van der Waals surface area (Å²) in [6, 6.07) is 3.66. The molecule has 2 atom stereocenters. The Morgan fingerprint density at radius 2 is 1.91 bits per heavy atom. The summed E-state index contributed by atoms with van der Waals surface area (Å²) in [5, 5.41) is 12.2. The highest BCUT2D eigenvalue weighted by Gasteiger charge is 2.32. The number of nitrogens with one attached hydrogen (secondary N) is 1. The van der Waals surface area contributed by atoms with Crippen LogP contribution in [0.4, 0.5) is 34.3 Å². The van der Waals surface area contributed by atoms with Crippen molar-refractivity contribution in [1.82, 2.24) is 24.8 Å². The number of piperidine rings is 1. The van der Waals surface area contributed by atoms with Crippen molar-refractivity contribution in [3.63, 3.8) is 0 Å². The number of anilines is 3. The summed E-state index contributed by atoms with van der Waals surface area (Å²) in [5.41, 5.74) is -0.291. The van der Waals surface area contributed by atoms with Crippen LogP contribution in [0.25, 0.3) is 11.3 Å². The van der Waals surface area contributed by atoms with Crippen LogP contribution in [0, 0.1) is 5.82 Å². The predicted molar refractivity (Wildman–Crippen MR) is 162 cm³/mol. The van der Waals surface area contributed by atoms with Gasteiger partial charge in [0.2, 0.25) is 5.82 Å². The van der Waals surface area contributed by atoms with Gasteiger partial charge in [0.25, 0.3) is 0 Å². The zero-order valence-corrected chi connectivity index (χ0v) is 25.9. The van der Waals surface area contributed by atoms with Gasteiger partial charge in [-0.15, -0.1) is 0 Å². The fraction of sp³-hybridized carbons (Fsp3) is 0.517. The third-order valence-corrected chi connectivity index (χ3v) is 9.33. The maximum atomic E-state index is 15.8. The maximum absolute atomic E-state index is 15.8. The minimum Gasteiger partial charge on any atom is -0.481 e. The van der Waals surface area contributed by atoms with Crippen molar-refractivity contribution >= 4 is 45.7 Å². The molecule has 15 heteroatoms. The summed E-state index contributed by atoms with van der Waals surface area (Å²) >= 11 is 7.36. The van der Waals surface area contributed by atoms with Crippen LogP contribution in [0.2, 0.25) is 5.02 Å². The molecule has 1 aromatic carbocycles. The minimum atomic E-state index is -4.59. The van der Waals surface area contributed by atoms with E-state index in [9.17, 15) is 18.0 Å². The topological polar surface area (TPSA) is 97.7 Å². The van der Waals surface area contributed by atoms with Gasteiger partial charge in [-0.2, -0.15) is 17.6 Å². The van der Waals surface area contributed by atoms with Gasteiger partial charge in [-0.3, -0.25) is 14.6 Å². The van der Waals surface area contributed by atoms with E-state index in [-0.39, 0.29) is 39.8 Å². The Morgan fingerprint density at radius 1 is 1.11 bits per heavy atom. The molecule has 0 amide bonds. The standard InChI is InChI=1S/C29H34ClF4N7O2S/c1-17-5-3-4-7-40(17)15-22-25(19-11-20(29(32,33)34)13-21(30)12-19)37-28(44-22)38-26-24(31)27(36-16-35-26)41-10-9-39(18(2)14-41)8-6-23(42)43/h11-13,16-18H,3-10,14-15H2,1-2H3,(H,42,43)(H,35,36,37,38)/t17-,18+/m1/s1. The van der Waals surface area contributed by atoms with E-state index in [2.05, 4.69) is 32.1 Å². The van der Waals surface area contributed by atoms with Gasteiger partial charge in [-0.25, -0.2) is 15.0 Å². The van der Waals surface area contributed by atoms with Crippen LogP contribution < -0.4 is 10.2 Å². The molecular weight excluding hydrogens is 622 g/mol. The molecule has 44 heavy (non-hydrogen) atoms. The Labute approximate surface area is 261 Å². The van der Waals surface area contributed by atoms with Crippen LogP contribution >= 0.6 is 22.9 Å². The van der Waals surface area contributed by atoms with Crippen molar-refractivity contribution in [1.29, 1.82) is 0 Å². The molecule has 2 saturated heterocycles. The normalized spacial score (nSPS) is 20.2. The van der Waals surface area contributed by atoms with Crippen LogP contribution in [0.5, 0.6) is 0 Å². The zero-order valence-electron chi connectivity index (χ0n) is 24.4. The van der Waals surface area contributed by atoms with Crippen molar-refractivity contribution in [3.05, 3.63) is 45.8 Å². The van der Waals surface area contributed by atoms with E-state index in [0.29, 0.717) is 44.5 Å². The number of hydrogen-bond acceptors (Lipinski definition) is 9. The number of rotatable bonds is 9. The zero-order chi connectivity index (χ0) is 31.6. The number of carboxylic acid groups (broad SMARTS) is 1. The lowest BCUT2D eigenvalue weighted by atomic mass is 10.0. The predicted octanol–water partition coefficient (Wildman–Crippen LogP) is 6.51. The lowest BCUT2D eigenvalue weighted by Gasteiger charge is -2.40. The van der Waals surface area contributed by atoms with Crippen molar-refractivity contribution in [2.45, 2.75) is 64.3 Å². The van der Waals surface area contributed by atoms with Crippen LogP contribution in [0.3, 0.4) is 0 Å². The summed E-state index contributed by atoms with van der Waals surface area (Å²) in [4.78, 5) is 30.7. The largest absolute Gasteiger partial charge is 0.481 e. The number of carbonyl (C=O) groups is 1. The Kier molecular flexibility index (Phi) is 9.93. The number of carboxylic acids is 1. The Hall–Kier alpha value is -3.07. The molecule has 2 N–H and O–H groups in total. The van der Waals surface area contributed by atoms with E-state index < -0.39 is 23.5 Å². The second-order valence-corrected chi connectivity index (χ2v) is 12.8. The van der Waals surface area contributed by atoms with Gasteiger partial charge in [-0.05, 0) is 51.4 Å². The number of aliphatic carboxylic acids is 1. The Balaban J connectivity index is 1.42. The van der Waals surface area contributed by atoms with Crippen LogP contribution in [-0.4, -0.2) is 80.6 Å². The third kappa shape index (κ3) is 7.59. The van der Waals surface area contributed by atoms with Gasteiger partial charge >= 0.3 is 12.1 Å². The van der Waals surface area contributed by atoms with E-state index in [0.717, 1.165) is 42.8 Å². The molecule has 4 heterocycles. The highest BCUT2D eigenvalue weighted by atomic mass is 35.5. The average molecular weight is 656 g/mol. The molecular formula is C29H34ClF4N7O2S. The van der Waals surface area contributed by atoms with Gasteiger partial charge in [0.1, 0.15) is 6.33 Å². The van der Waals surface area contributed by atoms with E-state index in [1.54, 1.807) is 4.90 Å². The highest BCUT2D eigenvalue weighted by molar-refractivity contribution is 7.16. The fourth-order valence-electron chi connectivity index (χ4n) is 5.73. The molecule has 0 unspecified atom stereocenters. The van der Waals surface area contributed by atoms with E-state index in [1.165, 1.54) is 23.7 Å². The van der Waals surface area contributed by atoms with Crippen LogP contribution in [0.15, 0.2) is 24.5 Å². The molecule has 2 aliphatic rings. The van der Waals surface area contributed by atoms with E-state index >= 15 is 4.39 Å². The first-order valence-electron chi connectivity index (χ1n) is 14.5. The van der Waals surface area contributed by atoms with Crippen molar-refractivity contribution in [2.24, 2.45) is 0 Å². The van der Waals surface area contributed by atoms with Crippen molar-refractivity contribution in [2.75, 3.05) is 42.9 Å². The van der Waals surface area contributed by atoms with Crippen LogP contribution in [-0.2, 0) is 17.5 Å². The number of hydrogen-bond donors (Lipinski definition) is 2. The summed E-state index contributed by atoms with van der Waals surface area (Å²) in [7, 11) is 0. The first kappa shape index (κ1) is 32.3. The number of halogens is 5. The molecule has 0 saturated carbocycles. The fourth-order valence-corrected chi connectivity index (χ4v) is 6.98.